The number of hydrogen-bond acceptors (Lipinski definition) is 5. The number of amides is 1. The molecule has 1 unspecified atom stereocenters. The Hall–Kier alpha value is -2.51. The van der Waals surface area contributed by atoms with E-state index in [0.717, 1.165) is 42.2 Å². The summed E-state index contributed by atoms with van der Waals surface area (Å²) in [6.07, 6.45) is 4.27. The Morgan fingerprint density at radius 3 is 2.55 bits per heavy atom. The van der Waals surface area contributed by atoms with E-state index >= 15 is 0 Å². The van der Waals surface area contributed by atoms with Crippen molar-refractivity contribution in [3.05, 3.63) is 71.0 Å². The van der Waals surface area contributed by atoms with Crippen LogP contribution in [0.2, 0.25) is 5.02 Å². The largest absolute Gasteiger partial charge is 0.484 e. The highest BCUT2D eigenvalue weighted by Gasteiger charge is 2.34. The first-order valence-electron chi connectivity index (χ1n) is 10.5. The van der Waals surface area contributed by atoms with E-state index in [1.165, 1.54) is 11.8 Å². The predicted molar refractivity (Wildman–Crippen MR) is 120 cm³/mol. The van der Waals surface area contributed by atoms with E-state index in [0.29, 0.717) is 22.9 Å². The van der Waals surface area contributed by atoms with Gasteiger partial charge in [0.1, 0.15) is 17.6 Å². The normalized spacial score (nSPS) is 16.7. The lowest BCUT2D eigenvalue weighted by atomic mass is 10.1. The summed E-state index contributed by atoms with van der Waals surface area (Å²) in [5.74, 6) is 1.40. The topological polar surface area (TPSA) is 69.0 Å². The average Bonchev–Trinajstić information content (AvgIpc) is 3.72. The molecular weight excluding hydrogens is 432 g/mol. The Labute approximate surface area is 190 Å². The maximum atomic E-state index is 13.0. The lowest BCUT2D eigenvalue weighted by molar-refractivity contribution is -0.120. The number of aromatic nitrogens is 3. The van der Waals surface area contributed by atoms with Crippen molar-refractivity contribution in [3.8, 4) is 5.75 Å². The summed E-state index contributed by atoms with van der Waals surface area (Å²) in [6, 6.07) is 17.9. The summed E-state index contributed by atoms with van der Waals surface area (Å²) in [5, 5.41) is 12.9. The molecule has 8 heteroatoms. The molecule has 160 valence electrons. The van der Waals surface area contributed by atoms with E-state index in [1.54, 1.807) is 6.07 Å². The van der Waals surface area contributed by atoms with Gasteiger partial charge in [0.05, 0.1) is 5.02 Å². The average molecular weight is 455 g/mol. The van der Waals surface area contributed by atoms with Crippen LogP contribution in [0.4, 0.5) is 0 Å². The van der Waals surface area contributed by atoms with Crippen LogP contribution < -0.4 is 10.1 Å². The molecule has 1 atom stereocenters. The number of carbonyl (C=O) groups is 1. The van der Waals surface area contributed by atoms with Crippen molar-refractivity contribution in [2.75, 3.05) is 0 Å². The van der Waals surface area contributed by atoms with E-state index in [9.17, 15) is 4.79 Å². The summed E-state index contributed by atoms with van der Waals surface area (Å²) in [6.45, 7) is 0.276. The van der Waals surface area contributed by atoms with E-state index < -0.39 is 0 Å². The molecule has 1 N–H and O–H groups in total. The fraction of sp³-hybridized carbons (Fsp3) is 0.348. The van der Waals surface area contributed by atoms with Crippen LogP contribution in [0.5, 0.6) is 5.75 Å². The smallest absolute Gasteiger partial charge is 0.238 e. The highest BCUT2D eigenvalue weighted by atomic mass is 35.5. The van der Waals surface area contributed by atoms with Crippen molar-refractivity contribution in [1.82, 2.24) is 20.1 Å². The SMILES string of the molecule is O=C(NC1CC1)C(Sc1nnc(COc2ccccc2Cl)n1C1CC1)c1ccccc1. The number of carbonyl (C=O) groups excluding carboxylic acids is 1. The van der Waals surface area contributed by atoms with Gasteiger partial charge in [-0.05, 0) is 43.4 Å². The van der Waals surface area contributed by atoms with Crippen molar-refractivity contribution in [1.29, 1.82) is 0 Å². The Balaban J connectivity index is 1.38. The van der Waals surface area contributed by atoms with E-state index in [4.69, 9.17) is 16.3 Å². The van der Waals surface area contributed by atoms with Crippen LogP contribution in [0, 0.1) is 0 Å². The zero-order valence-electron chi connectivity index (χ0n) is 16.9. The van der Waals surface area contributed by atoms with Crippen LogP contribution in [0.1, 0.15) is 48.4 Å². The molecule has 0 aliphatic heterocycles. The van der Waals surface area contributed by atoms with Crippen LogP contribution in [0.15, 0.2) is 59.8 Å². The molecule has 2 aliphatic rings. The molecule has 6 nitrogen and oxygen atoms in total. The first-order valence-corrected chi connectivity index (χ1v) is 11.8. The van der Waals surface area contributed by atoms with Crippen molar-refractivity contribution < 1.29 is 9.53 Å². The molecule has 5 rings (SSSR count). The van der Waals surface area contributed by atoms with Gasteiger partial charge >= 0.3 is 0 Å². The summed E-state index contributed by atoms with van der Waals surface area (Å²) in [5.41, 5.74) is 0.963. The second-order valence-electron chi connectivity index (χ2n) is 7.91. The Morgan fingerprint density at radius 1 is 1.10 bits per heavy atom. The number of thioether (sulfide) groups is 1. The summed E-state index contributed by atoms with van der Waals surface area (Å²) >= 11 is 7.67. The maximum absolute atomic E-state index is 13.0. The van der Waals surface area contributed by atoms with Crippen molar-refractivity contribution >= 4 is 29.3 Å². The summed E-state index contributed by atoms with van der Waals surface area (Å²) in [7, 11) is 0. The third kappa shape index (κ3) is 4.88. The lowest BCUT2D eigenvalue weighted by Gasteiger charge is -2.17. The van der Waals surface area contributed by atoms with Gasteiger partial charge in [-0.2, -0.15) is 0 Å². The molecule has 1 amide bonds. The van der Waals surface area contributed by atoms with Crippen molar-refractivity contribution in [3.63, 3.8) is 0 Å². The molecule has 2 saturated carbocycles. The van der Waals surface area contributed by atoms with Crippen LogP contribution in [-0.2, 0) is 11.4 Å². The van der Waals surface area contributed by atoms with Crippen LogP contribution in [0.25, 0.3) is 0 Å². The fourth-order valence-corrected chi connectivity index (χ4v) is 4.73. The lowest BCUT2D eigenvalue weighted by Crippen LogP contribution is -2.30. The highest BCUT2D eigenvalue weighted by Crippen LogP contribution is 2.43. The summed E-state index contributed by atoms with van der Waals surface area (Å²) in [4.78, 5) is 13.0. The van der Waals surface area contributed by atoms with Crippen molar-refractivity contribution in [2.45, 2.75) is 54.8 Å². The van der Waals surface area contributed by atoms with Gasteiger partial charge in [0.15, 0.2) is 11.0 Å². The van der Waals surface area contributed by atoms with Crippen LogP contribution in [0.3, 0.4) is 0 Å². The van der Waals surface area contributed by atoms with Crippen LogP contribution in [-0.4, -0.2) is 26.7 Å². The monoisotopic (exact) mass is 454 g/mol. The van der Waals surface area contributed by atoms with Gasteiger partial charge in [0, 0.05) is 12.1 Å². The number of rotatable bonds is 9. The molecule has 2 fully saturated rings. The van der Waals surface area contributed by atoms with Gasteiger partial charge in [0.2, 0.25) is 5.91 Å². The minimum absolute atomic E-state index is 0.0258. The number of para-hydroxylation sites is 1. The fourth-order valence-electron chi connectivity index (χ4n) is 3.40. The minimum atomic E-state index is -0.374. The molecule has 0 bridgehead atoms. The van der Waals surface area contributed by atoms with Gasteiger partial charge in [-0.25, -0.2) is 0 Å². The Morgan fingerprint density at radius 2 is 1.84 bits per heavy atom. The predicted octanol–water partition coefficient (Wildman–Crippen LogP) is 4.96. The molecule has 3 aromatic rings. The number of benzene rings is 2. The first kappa shape index (κ1) is 20.4. The van der Waals surface area contributed by atoms with Crippen LogP contribution >= 0.6 is 23.4 Å². The number of hydrogen-bond donors (Lipinski definition) is 1. The Bertz CT molecular complexity index is 1070. The first-order chi connectivity index (χ1) is 15.2. The van der Waals surface area contributed by atoms with Gasteiger partial charge in [-0.3, -0.25) is 9.36 Å². The number of nitrogens with zero attached hydrogens (tertiary/aromatic N) is 3. The molecule has 1 aromatic heterocycles. The second kappa shape index (κ2) is 8.93. The molecule has 1 heterocycles. The molecule has 0 radical (unpaired) electrons. The third-order valence-electron chi connectivity index (χ3n) is 5.33. The zero-order valence-corrected chi connectivity index (χ0v) is 18.5. The van der Waals surface area contributed by atoms with E-state index in [2.05, 4.69) is 20.1 Å². The standard InChI is InChI=1S/C23H23ClN4O2S/c24-18-8-4-5-9-19(18)30-14-20-26-27-23(28(20)17-12-13-17)31-21(15-6-2-1-3-7-15)22(29)25-16-10-11-16/h1-9,16-17,21H,10-14H2,(H,25,29). The van der Waals surface area contributed by atoms with Gasteiger partial charge in [0.25, 0.3) is 0 Å². The molecule has 2 aromatic carbocycles. The number of halogens is 1. The molecule has 0 spiro atoms. The third-order valence-corrected chi connectivity index (χ3v) is 6.85. The minimum Gasteiger partial charge on any atom is -0.484 e. The van der Waals surface area contributed by atoms with Crippen molar-refractivity contribution in [2.24, 2.45) is 0 Å². The quantitative estimate of drug-likeness (QED) is 0.463. The molecule has 31 heavy (non-hydrogen) atoms. The van der Waals surface area contributed by atoms with E-state index in [1.807, 2.05) is 48.5 Å². The highest BCUT2D eigenvalue weighted by molar-refractivity contribution is 8.00. The zero-order chi connectivity index (χ0) is 21.2. The maximum Gasteiger partial charge on any atom is 0.238 e. The van der Waals surface area contributed by atoms with E-state index in [-0.39, 0.29) is 17.8 Å². The van der Waals surface area contributed by atoms with Gasteiger partial charge in [-0.15, -0.1) is 10.2 Å². The number of ether oxygens (including phenoxy) is 1. The van der Waals surface area contributed by atoms with Gasteiger partial charge < -0.3 is 10.1 Å². The molecule has 2 aliphatic carbocycles. The molecule has 0 saturated heterocycles. The molecular formula is C23H23ClN4O2S. The second-order valence-corrected chi connectivity index (χ2v) is 9.39. The van der Waals surface area contributed by atoms with Gasteiger partial charge in [-0.1, -0.05) is 65.8 Å². The Kier molecular flexibility index (Phi) is 5.87. The number of nitrogens with one attached hydrogen (secondary N) is 1. The summed E-state index contributed by atoms with van der Waals surface area (Å²) < 4.78 is 8.04.